The van der Waals surface area contributed by atoms with Gasteiger partial charge in [0.2, 0.25) is 0 Å². The van der Waals surface area contributed by atoms with Gasteiger partial charge in [0.1, 0.15) is 28.8 Å². The van der Waals surface area contributed by atoms with Crippen molar-refractivity contribution >= 4 is 10.5 Å². The van der Waals surface area contributed by atoms with Gasteiger partial charge in [0.15, 0.2) is 0 Å². The van der Waals surface area contributed by atoms with E-state index < -0.39 is 5.97 Å². The summed E-state index contributed by atoms with van der Waals surface area (Å²) in [4.78, 5) is 0. The van der Waals surface area contributed by atoms with Crippen molar-refractivity contribution in [2.45, 2.75) is 43.5 Å². The second kappa shape index (κ2) is 8.16. The largest absolute Gasteiger partial charge is 0.428 e. The summed E-state index contributed by atoms with van der Waals surface area (Å²) >= 11 is 0. The molecule has 0 N–H and O–H groups in total. The van der Waals surface area contributed by atoms with Crippen molar-refractivity contribution in [3.8, 4) is 0 Å². The molecule has 3 aliphatic heterocycles. The Labute approximate surface area is 134 Å². The van der Waals surface area contributed by atoms with Gasteiger partial charge in [-0.2, -0.15) is 0 Å². The average molecular weight is 334 g/mol. The summed E-state index contributed by atoms with van der Waals surface area (Å²) in [6, 6.07) is 0. The summed E-state index contributed by atoms with van der Waals surface area (Å²) in [5, 5.41) is 0. The normalized spacial score (nSPS) is 31.9. The monoisotopic (exact) mass is 334 g/mol. The van der Waals surface area contributed by atoms with Gasteiger partial charge in [-0.25, -0.2) is 0 Å². The molecule has 0 aromatic heterocycles. The van der Waals surface area contributed by atoms with E-state index in [2.05, 4.69) is 0 Å². The Bertz CT molecular complexity index is 290. The van der Waals surface area contributed by atoms with Gasteiger partial charge in [0.25, 0.3) is 5.97 Å². The van der Waals surface area contributed by atoms with Crippen molar-refractivity contribution < 1.29 is 32.8 Å². The molecule has 0 radical (unpaired) electrons. The highest BCUT2D eigenvalue weighted by Gasteiger charge is 2.40. The minimum absolute atomic E-state index is 0.172. The third kappa shape index (κ3) is 6.21. The molecule has 0 saturated carbocycles. The number of unbranched alkanes of at least 4 members (excludes halogenated alkanes) is 1. The highest BCUT2D eigenvalue weighted by atomic mass is 28.2. The molecule has 0 aliphatic carbocycles. The van der Waals surface area contributed by atoms with Crippen LogP contribution in [0.15, 0.2) is 0 Å². The zero-order valence-electron chi connectivity index (χ0n) is 13.2. The standard InChI is InChI=1S/C14H26O7Si/c22-21-4-2-1-3-14(18-8-11-5-15-11,19-9-12-6-16-12)20-10-13-7-17-13/h11-13H,1-10H2,22H3. The molecule has 0 amide bonds. The summed E-state index contributed by atoms with van der Waals surface area (Å²) < 4.78 is 38.8. The van der Waals surface area contributed by atoms with Crippen molar-refractivity contribution in [3.63, 3.8) is 0 Å². The fraction of sp³-hybridized carbons (Fsp3) is 1.00. The van der Waals surface area contributed by atoms with Crippen molar-refractivity contribution in [3.05, 3.63) is 0 Å². The van der Waals surface area contributed by atoms with Crippen LogP contribution in [-0.4, -0.2) is 81.0 Å². The number of hydrogen-bond acceptors (Lipinski definition) is 7. The summed E-state index contributed by atoms with van der Waals surface area (Å²) in [5.74, 6) is -1.02. The van der Waals surface area contributed by atoms with Gasteiger partial charge in [-0.15, -0.1) is 0 Å². The van der Waals surface area contributed by atoms with Gasteiger partial charge < -0.3 is 32.8 Å². The van der Waals surface area contributed by atoms with Gasteiger partial charge in [-0.05, 0) is 12.8 Å². The number of epoxide rings is 3. The molecule has 3 atom stereocenters. The van der Waals surface area contributed by atoms with E-state index in [4.69, 9.17) is 32.8 Å². The van der Waals surface area contributed by atoms with Crippen molar-refractivity contribution in [1.82, 2.24) is 0 Å². The maximum atomic E-state index is 5.98. The highest BCUT2D eigenvalue weighted by molar-refractivity contribution is 5.97. The van der Waals surface area contributed by atoms with Crippen molar-refractivity contribution in [2.24, 2.45) is 0 Å². The lowest BCUT2D eigenvalue weighted by Crippen LogP contribution is -2.42. The molecule has 0 bridgehead atoms. The maximum Gasteiger partial charge on any atom is 0.283 e. The molecular formula is C14H26O7Si. The number of hydrogen-bond donors (Lipinski definition) is 0. The predicted molar refractivity (Wildman–Crippen MR) is 79.5 cm³/mol. The van der Waals surface area contributed by atoms with E-state index in [-0.39, 0.29) is 18.3 Å². The number of ether oxygens (including phenoxy) is 6. The molecule has 3 saturated heterocycles. The van der Waals surface area contributed by atoms with E-state index in [9.17, 15) is 0 Å². The molecule has 0 aromatic rings. The van der Waals surface area contributed by atoms with Gasteiger partial charge in [0.05, 0.1) is 39.6 Å². The fourth-order valence-corrected chi connectivity index (χ4v) is 2.37. The van der Waals surface area contributed by atoms with Crippen LogP contribution in [-0.2, 0) is 32.8 Å². The molecule has 8 heteroatoms. The first-order valence-corrected chi connectivity index (χ1v) is 8.87. The van der Waals surface area contributed by atoms with Crippen LogP contribution in [0.25, 0.3) is 0 Å². The molecule has 3 unspecified atom stereocenters. The predicted octanol–water partition coefficient (Wildman–Crippen LogP) is -0.646. The average Bonchev–Trinajstić information content (AvgIpc) is 3.41. The van der Waals surface area contributed by atoms with Crippen molar-refractivity contribution in [1.29, 1.82) is 0 Å². The van der Waals surface area contributed by atoms with Gasteiger partial charge in [0, 0.05) is 13.0 Å². The Morgan fingerprint density at radius 3 is 1.64 bits per heavy atom. The Balaban J connectivity index is 1.51. The molecular weight excluding hydrogens is 308 g/mol. The maximum absolute atomic E-state index is 5.98. The van der Waals surface area contributed by atoms with Crippen LogP contribution in [0.1, 0.15) is 19.3 Å². The lowest BCUT2D eigenvalue weighted by Gasteiger charge is -2.33. The van der Waals surface area contributed by atoms with Crippen LogP contribution in [0.3, 0.4) is 0 Å². The second-order valence-corrected chi connectivity index (χ2v) is 6.51. The molecule has 22 heavy (non-hydrogen) atoms. The number of rotatable bonds is 14. The summed E-state index contributed by atoms with van der Waals surface area (Å²) in [5.41, 5.74) is 0. The van der Waals surface area contributed by atoms with E-state index >= 15 is 0 Å². The molecule has 7 nitrogen and oxygen atoms in total. The van der Waals surface area contributed by atoms with E-state index in [1.54, 1.807) is 0 Å². The van der Waals surface area contributed by atoms with Gasteiger partial charge >= 0.3 is 0 Å². The Morgan fingerprint density at radius 1 is 0.818 bits per heavy atom. The second-order valence-electron chi connectivity index (χ2n) is 5.93. The lowest BCUT2D eigenvalue weighted by atomic mass is 10.2. The first-order valence-electron chi connectivity index (χ1n) is 8.05. The Kier molecular flexibility index (Phi) is 6.22. The SMILES string of the molecule is [SiH3]OCCCCC(OCC1CO1)(OCC1CO1)OCC1CO1. The van der Waals surface area contributed by atoms with E-state index in [1.165, 1.54) is 0 Å². The third-order valence-electron chi connectivity index (χ3n) is 3.76. The minimum Gasteiger partial charge on any atom is -0.428 e. The molecule has 0 aromatic carbocycles. The van der Waals surface area contributed by atoms with E-state index in [1.807, 2.05) is 0 Å². The van der Waals surface area contributed by atoms with Crippen LogP contribution >= 0.6 is 0 Å². The third-order valence-corrected chi connectivity index (χ3v) is 4.16. The molecule has 3 rings (SSSR count). The smallest absolute Gasteiger partial charge is 0.283 e. The molecule has 3 fully saturated rings. The zero-order chi connectivity index (χ0) is 15.3. The van der Waals surface area contributed by atoms with Crippen molar-refractivity contribution in [2.75, 3.05) is 46.2 Å². The topological polar surface area (TPSA) is 74.5 Å². The quantitative estimate of drug-likeness (QED) is 0.181. The molecule has 0 spiro atoms. The van der Waals surface area contributed by atoms with Crippen LogP contribution in [0.4, 0.5) is 0 Å². The van der Waals surface area contributed by atoms with E-state index in [0.29, 0.717) is 26.2 Å². The Hall–Kier alpha value is -0.0631. The zero-order valence-corrected chi connectivity index (χ0v) is 15.2. The minimum atomic E-state index is -1.02. The molecule has 3 heterocycles. The van der Waals surface area contributed by atoms with Gasteiger partial charge in [-0.1, -0.05) is 0 Å². The molecule has 128 valence electrons. The summed E-state index contributed by atoms with van der Waals surface area (Å²) in [7, 11) is 0.774. The summed E-state index contributed by atoms with van der Waals surface area (Å²) in [6.07, 6.45) is 3.08. The lowest BCUT2D eigenvalue weighted by molar-refractivity contribution is -0.385. The highest BCUT2D eigenvalue weighted by Crippen LogP contribution is 2.28. The van der Waals surface area contributed by atoms with Crippen LogP contribution < -0.4 is 0 Å². The van der Waals surface area contributed by atoms with Crippen LogP contribution in [0.5, 0.6) is 0 Å². The van der Waals surface area contributed by atoms with Gasteiger partial charge in [-0.3, -0.25) is 0 Å². The summed E-state index contributed by atoms with van der Waals surface area (Å²) in [6.45, 7) is 4.52. The first kappa shape index (κ1) is 16.8. The fourth-order valence-electron chi connectivity index (χ4n) is 2.08. The first-order chi connectivity index (χ1) is 10.8. The Morgan fingerprint density at radius 2 is 1.27 bits per heavy atom. The molecule has 3 aliphatic rings. The van der Waals surface area contributed by atoms with E-state index in [0.717, 1.165) is 49.8 Å². The van der Waals surface area contributed by atoms with Crippen LogP contribution in [0.2, 0.25) is 0 Å². The van der Waals surface area contributed by atoms with Crippen LogP contribution in [0, 0.1) is 0 Å².